The van der Waals surface area contributed by atoms with E-state index in [2.05, 4.69) is 53.0 Å². The molecule has 0 aliphatic carbocycles. The smallest absolute Gasteiger partial charge is 0.225 e. The highest BCUT2D eigenvalue weighted by atomic mass is 35.5. The summed E-state index contributed by atoms with van der Waals surface area (Å²) in [6, 6.07) is 8.71. The maximum atomic E-state index is 11.0. The minimum absolute atomic E-state index is 0.268. The quantitative estimate of drug-likeness (QED) is 0.487. The number of hydrogen-bond acceptors (Lipinski definition) is 5. The summed E-state index contributed by atoms with van der Waals surface area (Å²) in [6.07, 6.45) is 1.93. The van der Waals surface area contributed by atoms with Gasteiger partial charge in [0.05, 0.1) is 5.39 Å². The zero-order chi connectivity index (χ0) is 19.0. The van der Waals surface area contributed by atoms with Crippen molar-refractivity contribution in [2.45, 2.75) is 20.3 Å². The summed E-state index contributed by atoms with van der Waals surface area (Å²) in [6.45, 7) is 7.14. The summed E-state index contributed by atoms with van der Waals surface area (Å²) < 4.78 is 0. The lowest BCUT2D eigenvalue weighted by atomic mass is 10.0. The van der Waals surface area contributed by atoms with E-state index in [0.717, 1.165) is 42.0 Å². The van der Waals surface area contributed by atoms with Crippen LogP contribution >= 0.6 is 22.9 Å². The Morgan fingerprint density at radius 2 is 1.85 bits per heavy atom. The first-order valence-electron chi connectivity index (χ1n) is 9.11. The molecule has 1 aliphatic heterocycles. The van der Waals surface area contributed by atoms with E-state index >= 15 is 0 Å². The number of benzene rings is 1. The van der Waals surface area contributed by atoms with Gasteiger partial charge in [0, 0.05) is 36.6 Å². The van der Waals surface area contributed by atoms with E-state index in [0.29, 0.717) is 13.1 Å². The van der Waals surface area contributed by atoms with Crippen LogP contribution in [0.5, 0.6) is 0 Å². The molecule has 2 aromatic heterocycles. The molecule has 3 aromatic rings. The van der Waals surface area contributed by atoms with Gasteiger partial charge >= 0.3 is 0 Å². The summed E-state index contributed by atoms with van der Waals surface area (Å²) in [5.41, 5.74) is 3.68. The van der Waals surface area contributed by atoms with E-state index in [1.165, 1.54) is 21.6 Å². The zero-order valence-corrected chi connectivity index (χ0v) is 17.0. The summed E-state index contributed by atoms with van der Waals surface area (Å²) in [4.78, 5) is 26.2. The van der Waals surface area contributed by atoms with Crippen molar-refractivity contribution < 1.29 is 4.79 Å². The van der Waals surface area contributed by atoms with Crippen LogP contribution in [0.3, 0.4) is 0 Å². The number of fused-ring (bicyclic) bond motifs is 1. The molecule has 5 nitrogen and oxygen atoms in total. The maximum Gasteiger partial charge on any atom is 0.225 e. The van der Waals surface area contributed by atoms with E-state index in [-0.39, 0.29) is 5.28 Å². The SMILES string of the molecule is CCc1ccc(-c2c(C)sc3nc(Cl)nc(N4CCN(C=O)CC4)c23)cc1. The maximum absolute atomic E-state index is 11.0. The van der Waals surface area contributed by atoms with Gasteiger partial charge < -0.3 is 9.80 Å². The second-order valence-corrected chi connectivity index (χ2v) is 8.25. The van der Waals surface area contributed by atoms with Crippen LogP contribution in [0.2, 0.25) is 5.28 Å². The molecule has 1 saturated heterocycles. The van der Waals surface area contributed by atoms with Crippen LogP contribution in [-0.2, 0) is 11.2 Å². The van der Waals surface area contributed by atoms with Crippen LogP contribution < -0.4 is 4.90 Å². The molecule has 0 radical (unpaired) electrons. The number of thiophene rings is 1. The standard InChI is InChI=1S/C20H21ClN4OS/c1-3-14-4-6-15(7-5-14)16-13(2)27-19-17(16)18(22-20(21)23-19)25-10-8-24(12-26)9-11-25/h4-7,12H,3,8-11H2,1-2H3. The first-order chi connectivity index (χ1) is 13.1. The molecular weight excluding hydrogens is 380 g/mol. The first kappa shape index (κ1) is 18.2. The van der Waals surface area contributed by atoms with Crippen LogP contribution in [0.25, 0.3) is 21.3 Å². The Bertz CT molecular complexity index is 978. The van der Waals surface area contributed by atoms with Gasteiger partial charge in [-0.3, -0.25) is 4.79 Å². The lowest BCUT2D eigenvalue weighted by molar-refractivity contribution is -0.118. The van der Waals surface area contributed by atoms with Gasteiger partial charge in [-0.1, -0.05) is 31.2 Å². The third-order valence-electron chi connectivity index (χ3n) is 5.09. The molecule has 140 valence electrons. The van der Waals surface area contributed by atoms with Gasteiger partial charge in [-0.05, 0) is 36.1 Å². The largest absolute Gasteiger partial charge is 0.352 e. The summed E-state index contributed by atoms with van der Waals surface area (Å²) in [5, 5.41) is 1.33. The Labute approximate surface area is 167 Å². The lowest BCUT2D eigenvalue weighted by Gasteiger charge is -2.33. The Hall–Kier alpha value is -2.18. The Morgan fingerprint density at radius 1 is 1.15 bits per heavy atom. The van der Waals surface area contributed by atoms with Gasteiger partial charge in [0.1, 0.15) is 10.6 Å². The van der Waals surface area contributed by atoms with Gasteiger partial charge in [-0.15, -0.1) is 11.3 Å². The molecule has 1 aromatic carbocycles. The number of nitrogens with zero attached hydrogens (tertiary/aromatic N) is 4. The molecule has 1 amide bonds. The number of rotatable bonds is 4. The Kier molecular flexibility index (Phi) is 5.02. The van der Waals surface area contributed by atoms with E-state index in [4.69, 9.17) is 11.6 Å². The van der Waals surface area contributed by atoms with Crippen molar-refractivity contribution >= 4 is 45.4 Å². The highest BCUT2D eigenvalue weighted by Crippen LogP contribution is 2.42. The fourth-order valence-corrected chi connectivity index (χ4v) is 4.85. The van der Waals surface area contributed by atoms with E-state index in [9.17, 15) is 4.79 Å². The number of aryl methyl sites for hydroxylation is 2. The minimum Gasteiger partial charge on any atom is -0.352 e. The molecule has 0 bridgehead atoms. The van der Waals surface area contributed by atoms with Crippen LogP contribution in [0, 0.1) is 6.92 Å². The second kappa shape index (κ2) is 7.44. The van der Waals surface area contributed by atoms with Crippen LogP contribution in [-0.4, -0.2) is 47.5 Å². The molecule has 27 heavy (non-hydrogen) atoms. The topological polar surface area (TPSA) is 49.3 Å². The van der Waals surface area contributed by atoms with Crippen molar-refractivity contribution in [2.75, 3.05) is 31.1 Å². The molecule has 0 atom stereocenters. The molecule has 0 spiro atoms. The lowest BCUT2D eigenvalue weighted by Crippen LogP contribution is -2.46. The number of piperazine rings is 1. The van der Waals surface area contributed by atoms with Crippen LogP contribution in [0.4, 0.5) is 5.82 Å². The number of hydrogen-bond donors (Lipinski definition) is 0. The average molecular weight is 401 g/mol. The number of aromatic nitrogens is 2. The molecule has 1 aliphatic rings. The Morgan fingerprint density at radius 3 is 2.48 bits per heavy atom. The van der Waals surface area contributed by atoms with Gasteiger partial charge in [0.15, 0.2) is 0 Å². The summed E-state index contributed by atoms with van der Waals surface area (Å²) in [7, 11) is 0. The summed E-state index contributed by atoms with van der Waals surface area (Å²) >= 11 is 7.89. The number of carbonyl (C=O) groups is 1. The molecule has 0 saturated carbocycles. The molecule has 4 rings (SSSR count). The number of halogens is 1. The molecule has 0 N–H and O–H groups in total. The van der Waals surface area contributed by atoms with E-state index in [1.54, 1.807) is 16.2 Å². The minimum atomic E-state index is 0.268. The highest BCUT2D eigenvalue weighted by Gasteiger charge is 2.24. The monoisotopic (exact) mass is 400 g/mol. The molecule has 1 fully saturated rings. The average Bonchev–Trinajstić information content (AvgIpc) is 3.03. The van der Waals surface area contributed by atoms with E-state index in [1.807, 2.05) is 0 Å². The summed E-state index contributed by atoms with van der Waals surface area (Å²) in [5.74, 6) is 0.870. The van der Waals surface area contributed by atoms with Gasteiger partial charge in [0.25, 0.3) is 0 Å². The first-order valence-corrected chi connectivity index (χ1v) is 10.3. The molecule has 7 heteroatoms. The highest BCUT2D eigenvalue weighted by molar-refractivity contribution is 7.19. The second-order valence-electron chi connectivity index (χ2n) is 6.71. The number of amides is 1. The fraction of sp³-hybridized carbons (Fsp3) is 0.350. The van der Waals surface area contributed by atoms with Gasteiger partial charge in [-0.2, -0.15) is 4.98 Å². The van der Waals surface area contributed by atoms with Crippen molar-refractivity contribution in [2.24, 2.45) is 0 Å². The number of carbonyl (C=O) groups excluding carboxylic acids is 1. The molecular formula is C20H21ClN4OS. The van der Waals surface area contributed by atoms with Crippen molar-refractivity contribution in [3.8, 4) is 11.1 Å². The number of anilines is 1. The van der Waals surface area contributed by atoms with Gasteiger partial charge in [0.2, 0.25) is 11.7 Å². The Balaban J connectivity index is 1.85. The van der Waals surface area contributed by atoms with Gasteiger partial charge in [-0.25, -0.2) is 4.98 Å². The van der Waals surface area contributed by atoms with Crippen molar-refractivity contribution in [1.29, 1.82) is 0 Å². The third kappa shape index (κ3) is 3.39. The van der Waals surface area contributed by atoms with Crippen LogP contribution in [0.15, 0.2) is 24.3 Å². The van der Waals surface area contributed by atoms with Crippen molar-refractivity contribution in [3.63, 3.8) is 0 Å². The van der Waals surface area contributed by atoms with Crippen molar-refractivity contribution in [3.05, 3.63) is 40.0 Å². The van der Waals surface area contributed by atoms with E-state index < -0.39 is 0 Å². The zero-order valence-electron chi connectivity index (χ0n) is 15.4. The third-order valence-corrected chi connectivity index (χ3v) is 6.26. The predicted octanol–water partition coefficient (Wildman–Crippen LogP) is 4.16. The van der Waals surface area contributed by atoms with Crippen LogP contribution in [0.1, 0.15) is 17.4 Å². The van der Waals surface area contributed by atoms with Crippen molar-refractivity contribution in [1.82, 2.24) is 14.9 Å². The molecule has 0 unspecified atom stereocenters. The normalized spacial score (nSPS) is 14.8. The fourth-order valence-electron chi connectivity index (χ4n) is 3.59. The molecule has 3 heterocycles. The predicted molar refractivity (Wildman–Crippen MR) is 112 cm³/mol.